The summed E-state index contributed by atoms with van der Waals surface area (Å²) in [4.78, 5) is 15.8. The average Bonchev–Trinajstić information content (AvgIpc) is 2.93. The van der Waals surface area contributed by atoms with Gasteiger partial charge in [0.15, 0.2) is 16.8 Å². The summed E-state index contributed by atoms with van der Waals surface area (Å²) in [6.07, 6.45) is -0.590. The highest BCUT2D eigenvalue weighted by molar-refractivity contribution is 7.22. The quantitative estimate of drug-likeness (QED) is 0.836. The van der Waals surface area contributed by atoms with Crippen molar-refractivity contribution in [2.24, 2.45) is 0 Å². The highest BCUT2D eigenvalue weighted by atomic mass is 32.1. The van der Waals surface area contributed by atoms with Gasteiger partial charge in [0, 0.05) is 12.5 Å². The van der Waals surface area contributed by atoms with E-state index in [4.69, 9.17) is 0 Å². The first-order valence-corrected chi connectivity index (χ1v) is 6.83. The van der Waals surface area contributed by atoms with Crippen molar-refractivity contribution in [2.45, 2.75) is 18.4 Å². The number of nitrogens with zero attached hydrogens (tertiary/aromatic N) is 1. The lowest BCUT2D eigenvalue weighted by molar-refractivity contribution is -0.118. The van der Waals surface area contributed by atoms with Gasteiger partial charge < -0.3 is 5.32 Å². The molecular weight excluding hydrogens is 310 g/mol. The normalized spacial score (nSPS) is 20.9. The topological polar surface area (TPSA) is 54.0 Å². The van der Waals surface area contributed by atoms with Crippen LogP contribution in [-0.4, -0.2) is 29.4 Å². The molecular formula is C12H9F4N3OS. The molecule has 4 nitrogen and oxygen atoms in total. The van der Waals surface area contributed by atoms with Gasteiger partial charge in [-0.25, -0.2) is 22.5 Å². The number of carbonyl (C=O) groups is 1. The van der Waals surface area contributed by atoms with Crippen LogP contribution in [0.5, 0.6) is 0 Å². The van der Waals surface area contributed by atoms with Gasteiger partial charge in [0.2, 0.25) is 5.91 Å². The van der Waals surface area contributed by atoms with Crippen LogP contribution in [0, 0.1) is 11.6 Å². The van der Waals surface area contributed by atoms with E-state index in [9.17, 15) is 22.4 Å². The number of hydrogen-bond acceptors (Lipinski definition) is 4. The first kappa shape index (κ1) is 14.2. The minimum atomic E-state index is -2.91. The number of anilines is 1. The van der Waals surface area contributed by atoms with E-state index in [2.05, 4.69) is 15.6 Å². The number of alkyl halides is 2. The minimum absolute atomic E-state index is 0.108. The van der Waals surface area contributed by atoms with Crippen LogP contribution >= 0.6 is 11.3 Å². The van der Waals surface area contributed by atoms with Crippen molar-refractivity contribution in [2.75, 3.05) is 11.9 Å². The summed E-state index contributed by atoms with van der Waals surface area (Å²) >= 11 is 0.942. The fraction of sp³-hybridized carbons (Fsp3) is 0.333. The zero-order valence-electron chi connectivity index (χ0n) is 10.4. The molecule has 1 atom stereocenters. The SMILES string of the molecule is O=C(Nc1nc2cc(F)c(F)cc2s1)C1CC(F)(F)CN1. The lowest BCUT2D eigenvalue weighted by atomic mass is 10.2. The summed E-state index contributed by atoms with van der Waals surface area (Å²) in [6, 6.07) is 0.874. The molecule has 1 unspecified atom stereocenters. The number of hydrogen-bond donors (Lipinski definition) is 2. The van der Waals surface area contributed by atoms with E-state index in [-0.39, 0.29) is 10.6 Å². The van der Waals surface area contributed by atoms with E-state index >= 15 is 0 Å². The second kappa shape index (κ2) is 4.92. The molecule has 21 heavy (non-hydrogen) atoms. The molecule has 0 bridgehead atoms. The number of rotatable bonds is 2. The van der Waals surface area contributed by atoms with Gasteiger partial charge in [-0.1, -0.05) is 11.3 Å². The predicted octanol–water partition coefficient (Wildman–Crippen LogP) is 2.51. The Bertz CT molecular complexity index is 679. The molecule has 1 aromatic heterocycles. The Balaban J connectivity index is 1.77. The number of fused-ring (bicyclic) bond motifs is 1. The monoisotopic (exact) mass is 319 g/mol. The Kier molecular flexibility index (Phi) is 3.33. The number of nitrogens with one attached hydrogen (secondary N) is 2. The molecule has 112 valence electrons. The van der Waals surface area contributed by atoms with Gasteiger partial charge in [0.05, 0.1) is 22.8 Å². The Morgan fingerprint density at radius 3 is 2.76 bits per heavy atom. The van der Waals surface area contributed by atoms with E-state index < -0.39 is 42.5 Å². The molecule has 1 aromatic carbocycles. The van der Waals surface area contributed by atoms with Crippen LogP contribution in [-0.2, 0) is 4.79 Å². The third-order valence-corrected chi connectivity index (χ3v) is 4.02. The van der Waals surface area contributed by atoms with Crippen LogP contribution in [0.15, 0.2) is 12.1 Å². The van der Waals surface area contributed by atoms with Gasteiger partial charge in [-0.2, -0.15) is 0 Å². The summed E-state index contributed by atoms with van der Waals surface area (Å²) in [5.41, 5.74) is 0.193. The van der Waals surface area contributed by atoms with Gasteiger partial charge in [0.1, 0.15) is 0 Å². The maximum atomic E-state index is 13.1. The Morgan fingerprint density at radius 1 is 1.38 bits per heavy atom. The highest BCUT2D eigenvalue weighted by Crippen LogP contribution is 2.29. The van der Waals surface area contributed by atoms with Gasteiger partial charge >= 0.3 is 0 Å². The first-order valence-electron chi connectivity index (χ1n) is 6.02. The molecule has 1 aliphatic rings. The Labute approximate surface area is 120 Å². The van der Waals surface area contributed by atoms with E-state index in [0.717, 1.165) is 23.5 Å². The van der Waals surface area contributed by atoms with E-state index in [1.165, 1.54) is 0 Å². The lowest BCUT2D eigenvalue weighted by Gasteiger charge is -2.08. The smallest absolute Gasteiger partial charge is 0.262 e. The summed E-state index contributed by atoms with van der Waals surface area (Å²) in [7, 11) is 0. The fourth-order valence-corrected chi connectivity index (χ4v) is 2.95. The van der Waals surface area contributed by atoms with Gasteiger partial charge in [0.25, 0.3) is 5.92 Å². The third-order valence-electron chi connectivity index (χ3n) is 3.09. The lowest BCUT2D eigenvalue weighted by Crippen LogP contribution is -2.35. The van der Waals surface area contributed by atoms with Gasteiger partial charge in [-0.15, -0.1) is 0 Å². The van der Waals surface area contributed by atoms with Crippen LogP contribution in [0.2, 0.25) is 0 Å². The van der Waals surface area contributed by atoms with E-state index in [1.807, 2.05) is 0 Å². The van der Waals surface area contributed by atoms with Gasteiger partial charge in [-0.05, 0) is 6.07 Å². The number of benzene rings is 1. The van der Waals surface area contributed by atoms with Crippen LogP contribution in [0.3, 0.4) is 0 Å². The molecule has 1 aliphatic heterocycles. The van der Waals surface area contributed by atoms with Crippen LogP contribution in [0.25, 0.3) is 10.2 Å². The highest BCUT2D eigenvalue weighted by Gasteiger charge is 2.42. The Morgan fingerprint density at radius 2 is 2.10 bits per heavy atom. The molecule has 2 aromatic rings. The maximum Gasteiger partial charge on any atom is 0.262 e. The van der Waals surface area contributed by atoms with Crippen molar-refractivity contribution in [3.8, 4) is 0 Å². The molecule has 9 heteroatoms. The van der Waals surface area contributed by atoms with E-state index in [0.29, 0.717) is 4.70 Å². The fourth-order valence-electron chi connectivity index (χ4n) is 2.07. The predicted molar refractivity (Wildman–Crippen MR) is 69.5 cm³/mol. The minimum Gasteiger partial charge on any atom is -0.301 e. The van der Waals surface area contributed by atoms with Crippen molar-refractivity contribution in [1.82, 2.24) is 10.3 Å². The molecule has 0 saturated carbocycles. The van der Waals surface area contributed by atoms with Crippen molar-refractivity contribution in [1.29, 1.82) is 0 Å². The van der Waals surface area contributed by atoms with Crippen LogP contribution in [0.4, 0.5) is 22.7 Å². The molecule has 1 fully saturated rings. The zero-order chi connectivity index (χ0) is 15.2. The second-order valence-corrected chi connectivity index (χ2v) is 5.77. The van der Waals surface area contributed by atoms with Gasteiger partial charge in [-0.3, -0.25) is 10.1 Å². The molecule has 1 amide bonds. The number of amides is 1. The zero-order valence-corrected chi connectivity index (χ0v) is 11.2. The Hall–Kier alpha value is -1.74. The van der Waals surface area contributed by atoms with Crippen LogP contribution in [0.1, 0.15) is 6.42 Å². The van der Waals surface area contributed by atoms with Crippen molar-refractivity contribution >= 4 is 32.6 Å². The number of halogens is 4. The summed E-state index contributed by atoms with van der Waals surface area (Å²) < 4.78 is 52.5. The standard InChI is InChI=1S/C12H9F4N3OS/c13-5-1-7-9(2-6(5)14)21-11(18-7)19-10(20)8-3-12(15,16)4-17-8/h1-2,8,17H,3-4H2,(H,18,19,20). The third kappa shape index (κ3) is 2.84. The summed E-state index contributed by atoms with van der Waals surface area (Å²) in [5.74, 6) is -5.61. The molecule has 1 saturated heterocycles. The first-order chi connectivity index (χ1) is 9.84. The maximum absolute atomic E-state index is 13.1. The molecule has 2 heterocycles. The number of thiazole rings is 1. The molecule has 3 rings (SSSR count). The summed E-state index contributed by atoms with van der Waals surface area (Å²) in [6.45, 7) is -0.554. The molecule has 0 spiro atoms. The van der Waals surface area contributed by atoms with Crippen molar-refractivity contribution < 1.29 is 22.4 Å². The number of aromatic nitrogens is 1. The largest absolute Gasteiger partial charge is 0.301 e. The molecule has 0 aliphatic carbocycles. The van der Waals surface area contributed by atoms with Crippen molar-refractivity contribution in [3.05, 3.63) is 23.8 Å². The molecule has 0 radical (unpaired) electrons. The van der Waals surface area contributed by atoms with Crippen LogP contribution < -0.4 is 10.6 Å². The van der Waals surface area contributed by atoms with Crippen molar-refractivity contribution in [3.63, 3.8) is 0 Å². The summed E-state index contributed by atoms with van der Waals surface area (Å²) in [5, 5.41) is 4.90. The number of carbonyl (C=O) groups excluding carboxylic acids is 1. The average molecular weight is 319 g/mol. The molecule has 2 N–H and O–H groups in total. The van der Waals surface area contributed by atoms with E-state index in [1.54, 1.807) is 0 Å². The second-order valence-electron chi connectivity index (χ2n) is 4.74.